The fraction of sp³-hybridized carbons (Fsp3) is 0.500. The molecule has 1 aromatic carbocycles. The number of hydrogen-bond donors (Lipinski definition) is 0. The molecule has 0 spiro atoms. The fourth-order valence-corrected chi connectivity index (χ4v) is 1.92. The zero-order chi connectivity index (χ0) is 15.0. The van der Waals surface area contributed by atoms with Crippen molar-refractivity contribution in [2.45, 2.75) is 39.5 Å². The number of carbonyl (C=O) groups is 2. The average Bonchev–Trinajstić information content (AvgIpc) is 2.47. The zero-order valence-electron chi connectivity index (χ0n) is 12.1. The third kappa shape index (κ3) is 5.03. The second kappa shape index (κ2) is 8.35. The lowest BCUT2D eigenvalue weighted by molar-refractivity contribution is -0.255. The third-order valence-electron chi connectivity index (χ3n) is 3.35. The van der Waals surface area contributed by atoms with E-state index in [1.165, 1.54) is 24.3 Å². The Balaban J connectivity index is 2.51. The molecule has 0 amide bonds. The number of esters is 1. The van der Waals surface area contributed by atoms with Crippen molar-refractivity contribution in [2.24, 2.45) is 5.92 Å². The van der Waals surface area contributed by atoms with Crippen LogP contribution in [0.3, 0.4) is 0 Å². The Bertz CT molecular complexity index is 436. The van der Waals surface area contributed by atoms with E-state index in [0.717, 1.165) is 25.7 Å². The van der Waals surface area contributed by atoms with E-state index in [4.69, 9.17) is 4.74 Å². The first-order chi connectivity index (χ1) is 9.58. The van der Waals surface area contributed by atoms with Gasteiger partial charge in [0, 0.05) is 0 Å². The molecule has 0 aliphatic heterocycles. The van der Waals surface area contributed by atoms with Crippen molar-refractivity contribution in [3.05, 3.63) is 35.4 Å². The number of hydrogen-bond acceptors (Lipinski definition) is 4. The van der Waals surface area contributed by atoms with E-state index in [-0.39, 0.29) is 5.56 Å². The molecule has 0 aromatic heterocycles. The predicted octanol–water partition coefficient (Wildman–Crippen LogP) is 2.42. The molecular formula is C16H21O4-. The first-order valence-electron chi connectivity index (χ1n) is 7.07. The van der Waals surface area contributed by atoms with Crippen LogP contribution in [0.2, 0.25) is 0 Å². The summed E-state index contributed by atoms with van der Waals surface area (Å²) in [6.07, 6.45) is 4.31. The Morgan fingerprint density at radius 2 is 1.75 bits per heavy atom. The van der Waals surface area contributed by atoms with Gasteiger partial charge in [-0.25, -0.2) is 4.79 Å². The van der Waals surface area contributed by atoms with E-state index in [2.05, 4.69) is 13.8 Å². The van der Waals surface area contributed by atoms with Crippen LogP contribution < -0.4 is 5.11 Å². The lowest BCUT2D eigenvalue weighted by Crippen LogP contribution is -2.22. The Hall–Kier alpha value is -1.84. The number of carboxylic acids is 1. The van der Waals surface area contributed by atoms with Gasteiger partial charge >= 0.3 is 5.97 Å². The minimum atomic E-state index is -1.25. The number of benzene rings is 1. The molecule has 0 fully saturated rings. The number of aromatic carboxylic acids is 1. The Morgan fingerprint density at radius 1 is 1.15 bits per heavy atom. The summed E-state index contributed by atoms with van der Waals surface area (Å²) >= 11 is 0. The molecule has 20 heavy (non-hydrogen) atoms. The normalized spacial score (nSPS) is 11.9. The van der Waals surface area contributed by atoms with Crippen molar-refractivity contribution < 1.29 is 19.4 Å². The fourth-order valence-electron chi connectivity index (χ4n) is 1.92. The number of rotatable bonds is 8. The molecule has 110 valence electrons. The summed E-state index contributed by atoms with van der Waals surface area (Å²) in [5.74, 6) is -1.28. The molecular weight excluding hydrogens is 256 g/mol. The maximum atomic E-state index is 11.8. The molecule has 0 aliphatic rings. The molecule has 0 saturated carbocycles. The molecule has 0 N–H and O–H groups in total. The van der Waals surface area contributed by atoms with Gasteiger partial charge in [0.15, 0.2) is 0 Å². The summed E-state index contributed by atoms with van der Waals surface area (Å²) in [4.78, 5) is 22.4. The highest BCUT2D eigenvalue weighted by atomic mass is 16.5. The van der Waals surface area contributed by atoms with E-state index in [1.807, 2.05) is 0 Å². The van der Waals surface area contributed by atoms with Gasteiger partial charge in [0.25, 0.3) is 0 Å². The van der Waals surface area contributed by atoms with Crippen LogP contribution in [0.15, 0.2) is 24.3 Å². The standard InChI is InChI=1S/C16H22O4/c1-3-5-6-12(4-2)11-20-16(19)14-9-7-13(8-10-14)15(17)18/h7-10,12H,3-6,11H2,1-2H3,(H,17,18)/p-1. The molecule has 0 saturated heterocycles. The Kier molecular flexibility index (Phi) is 6.77. The van der Waals surface area contributed by atoms with Gasteiger partial charge in [0.1, 0.15) is 0 Å². The van der Waals surface area contributed by atoms with Crippen molar-refractivity contribution in [3.8, 4) is 0 Å². The average molecular weight is 277 g/mol. The summed E-state index contributed by atoms with van der Waals surface area (Å²) in [6, 6.07) is 5.58. The van der Waals surface area contributed by atoms with Gasteiger partial charge in [0.05, 0.1) is 18.1 Å². The quantitative estimate of drug-likeness (QED) is 0.684. The van der Waals surface area contributed by atoms with Gasteiger partial charge in [-0.3, -0.25) is 0 Å². The molecule has 4 heteroatoms. The maximum Gasteiger partial charge on any atom is 0.338 e. The highest BCUT2D eigenvalue weighted by Crippen LogP contribution is 2.14. The maximum absolute atomic E-state index is 11.8. The highest BCUT2D eigenvalue weighted by Gasteiger charge is 2.11. The van der Waals surface area contributed by atoms with Crippen LogP contribution in [-0.4, -0.2) is 18.5 Å². The first-order valence-corrected chi connectivity index (χ1v) is 7.07. The summed E-state index contributed by atoms with van der Waals surface area (Å²) in [7, 11) is 0. The largest absolute Gasteiger partial charge is 0.545 e. The van der Waals surface area contributed by atoms with E-state index in [1.54, 1.807) is 0 Å². The Labute approximate surface area is 119 Å². The molecule has 1 unspecified atom stereocenters. The molecule has 1 atom stereocenters. The van der Waals surface area contributed by atoms with Crippen molar-refractivity contribution in [1.29, 1.82) is 0 Å². The van der Waals surface area contributed by atoms with Crippen LogP contribution in [0, 0.1) is 5.92 Å². The van der Waals surface area contributed by atoms with Gasteiger partial charge in [-0.2, -0.15) is 0 Å². The highest BCUT2D eigenvalue weighted by molar-refractivity contribution is 5.91. The van der Waals surface area contributed by atoms with Crippen LogP contribution >= 0.6 is 0 Å². The SMILES string of the molecule is CCCCC(CC)COC(=O)c1ccc(C(=O)[O-])cc1. The van der Waals surface area contributed by atoms with Crippen molar-refractivity contribution in [1.82, 2.24) is 0 Å². The van der Waals surface area contributed by atoms with E-state index in [9.17, 15) is 14.7 Å². The van der Waals surface area contributed by atoms with Crippen molar-refractivity contribution in [2.75, 3.05) is 6.61 Å². The van der Waals surface area contributed by atoms with E-state index in [0.29, 0.717) is 18.1 Å². The number of carbonyl (C=O) groups excluding carboxylic acids is 2. The van der Waals surface area contributed by atoms with Crippen LogP contribution in [0.25, 0.3) is 0 Å². The number of ether oxygens (including phenoxy) is 1. The van der Waals surface area contributed by atoms with Crippen LogP contribution in [0.4, 0.5) is 0 Å². The van der Waals surface area contributed by atoms with Gasteiger partial charge in [0.2, 0.25) is 0 Å². The van der Waals surface area contributed by atoms with Crippen molar-refractivity contribution in [3.63, 3.8) is 0 Å². The monoisotopic (exact) mass is 277 g/mol. The lowest BCUT2D eigenvalue weighted by Gasteiger charge is -2.14. The summed E-state index contributed by atoms with van der Waals surface area (Å²) < 4.78 is 5.28. The molecule has 1 aromatic rings. The van der Waals surface area contributed by atoms with E-state index < -0.39 is 11.9 Å². The second-order valence-corrected chi connectivity index (χ2v) is 4.88. The topological polar surface area (TPSA) is 66.4 Å². The zero-order valence-corrected chi connectivity index (χ0v) is 12.1. The minimum absolute atomic E-state index is 0.0518. The molecule has 4 nitrogen and oxygen atoms in total. The van der Waals surface area contributed by atoms with Gasteiger partial charge in [-0.15, -0.1) is 0 Å². The van der Waals surface area contributed by atoms with E-state index >= 15 is 0 Å². The second-order valence-electron chi connectivity index (χ2n) is 4.88. The van der Waals surface area contributed by atoms with Gasteiger partial charge in [-0.05, 0) is 30.0 Å². The summed E-state index contributed by atoms with van der Waals surface area (Å²) in [6.45, 7) is 4.64. The smallest absolute Gasteiger partial charge is 0.338 e. The van der Waals surface area contributed by atoms with Crippen molar-refractivity contribution >= 4 is 11.9 Å². The number of unbranched alkanes of at least 4 members (excludes halogenated alkanes) is 1. The number of carboxylic acid groups (broad SMARTS) is 1. The summed E-state index contributed by atoms with van der Waals surface area (Å²) in [5, 5.41) is 10.6. The van der Waals surface area contributed by atoms with Crippen LogP contribution in [0.5, 0.6) is 0 Å². The molecule has 0 aliphatic carbocycles. The molecule has 0 bridgehead atoms. The lowest BCUT2D eigenvalue weighted by atomic mass is 10.0. The molecule has 0 radical (unpaired) electrons. The molecule has 1 rings (SSSR count). The van der Waals surface area contributed by atoms with Gasteiger partial charge < -0.3 is 14.6 Å². The Morgan fingerprint density at radius 3 is 2.25 bits per heavy atom. The first kappa shape index (κ1) is 16.2. The predicted molar refractivity (Wildman–Crippen MR) is 74.4 cm³/mol. The van der Waals surface area contributed by atoms with Gasteiger partial charge in [-0.1, -0.05) is 45.2 Å². The van der Waals surface area contributed by atoms with Crippen LogP contribution in [0.1, 0.15) is 60.2 Å². The minimum Gasteiger partial charge on any atom is -0.545 e. The molecule has 0 heterocycles. The third-order valence-corrected chi connectivity index (χ3v) is 3.35. The summed E-state index contributed by atoms with van der Waals surface area (Å²) in [5.41, 5.74) is 0.413. The van der Waals surface area contributed by atoms with Crippen LogP contribution in [-0.2, 0) is 4.74 Å².